The lowest BCUT2D eigenvalue weighted by atomic mass is 10.3. The molecule has 0 bridgehead atoms. The van der Waals surface area contributed by atoms with Crippen LogP contribution in [0.1, 0.15) is 0 Å². The van der Waals surface area contributed by atoms with Crippen LogP contribution in [0.5, 0.6) is 11.5 Å². The second-order valence-corrected chi connectivity index (χ2v) is 2.78. The summed E-state index contributed by atoms with van der Waals surface area (Å²) in [4.78, 5) is 10.6. The van der Waals surface area contributed by atoms with Gasteiger partial charge in [0.15, 0.2) is 11.5 Å². The Kier molecular flexibility index (Phi) is 3.93. The average molecular weight is 212 g/mol. The van der Waals surface area contributed by atoms with Gasteiger partial charge in [0, 0.05) is 0 Å². The van der Waals surface area contributed by atoms with E-state index in [4.69, 9.17) is 19.7 Å². The molecule has 0 saturated heterocycles. The second kappa shape index (κ2) is 5.21. The highest BCUT2D eigenvalue weighted by atomic mass is 16.5. The summed E-state index contributed by atoms with van der Waals surface area (Å²) in [5.41, 5.74) is 0. The molecule has 2 N–H and O–H groups in total. The van der Waals surface area contributed by atoms with Crippen LogP contribution in [-0.2, 0) is 4.79 Å². The molecule has 82 valence electrons. The largest absolute Gasteiger partial charge is 0.493 e. The van der Waals surface area contributed by atoms with Crippen LogP contribution in [0, 0.1) is 0 Å². The van der Waals surface area contributed by atoms with E-state index in [0.717, 1.165) is 0 Å². The SMILES string of the molecule is COc1ccccc1OC(CO)C(=O)O. The van der Waals surface area contributed by atoms with Crippen molar-refractivity contribution in [3.63, 3.8) is 0 Å². The van der Waals surface area contributed by atoms with Crippen molar-refractivity contribution in [2.75, 3.05) is 13.7 Å². The molecule has 0 aromatic heterocycles. The molecule has 0 spiro atoms. The highest BCUT2D eigenvalue weighted by Gasteiger charge is 2.19. The second-order valence-electron chi connectivity index (χ2n) is 2.78. The van der Waals surface area contributed by atoms with E-state index in [1.165, 1.54) is 7.11 Å². The minimum Gasteiger partial charge on any atom is -0.493 e. The number of methoxy groups -OCH3 is 1. The number of aliphatic hydroxyl groups is 1. The molecule has 5 heteroatoms. The third kappa shape index (κ3) is 2.85. The Hall–Kier alpha value is -1.75. The Balaban J connectivity index is 2.82. The van der Waals surface area contributed by atoms with Gasteiger partial charge in [0.1, 0.15) is 0 Å². The maximum atomic E-state index is 10.6. The Labute approximate surface area is 86.9 Å². The number of hydrogen-bond donors (Lipinski definition) is 2. The number of carbonyl (C=O) groups is 1. The van der Waals surface area contributed by atoms with Gasteiger partial charge in [-0.25, -0.2) is 4.79 Å². The van der Waals surface area contributed by atoms with Crippen molar-refractivity contribution in [2.24, 2.45) is 0 Å². The van der Waals surface area contributed by atoms with Crippen LogP contribution >= 0.6 is 0 Å². The maximum absolute atomic E-state index is 10.6. The molecule has 0 amide bonds. The normalized spacial score (nSPS) is 11.9. The molecule has 0 aliphatic heterocycles. The van der Waals surface area contributed by atoms with Crippen LogP contribution in [0.2, 0.25) is 0 Å². The van der Waals surface area contributed by atoms with E-state index in [1.807, 2.05) is 0 Å². The zero-order chi connectivity index (χ0) is 11.3. The lowest BCUT2D eigenvalue weighted by Crippen LogP contribution is -2.30. The molecule has 1 unspecified atom stereocenters. The van der Waals surface area contributed by atoms with Gasteiger partial charge in [-0.3, -0.25) is 0 Å². The molecule has 0 radical (unpaired) electrons. The number of aliphatic hydroxyl groups excluding tert-OH is 1. The first-order valence-electron chi connectivity index (χ1n) is 4.32. The standard InChI is InChI=1S/C10H12O5/c1-14-7-4-2-3-5-8(7)15-9(6-11)10(12)13/h2-5,9,11H,6H2,1H3,(H,12,13). The van der Waals surface area contributed by atoms with E-state index in [-0.39, 0.29) is 0 Å². The maximum Gasteiger partial charge on any atom is 0.347 e. The van der Waals surface area contributed by atoms with Gasteiger partial charge in [0.2, 0.25) is 6.10 Å². The molecule has 0 aliphatic carbocycles. The topological polar surface area (TPSA) is 76.0 Å². The summed E-state index contributed by atoms with van der Waals surface area (Å²) >= 11 is 0. The van der Waals surface area contributed by atoms with Gasteiger partial charge in [-0.2, -0.15) is 0 Å². The quantitative estimate of drug-likeness (QED) is 0.744. The summed E-state index contributed by atoms with van der Waals surface area (Å²) < 4.78 is 10.0. The number of ether oxygens (including phenoxy) is 2. The lowest BCUT2D eigenvalue weighted by Gasteiger charge is -2.14. The van der Waals surface area contributed by atoms with E-state index in [9.17, 15) is 4.79 Å². The van der Waals surface area contributed by atoms with Gasteiger partial charge in [0.05, 0.1) is 13.7 Å². The molecule has 0 heterocycles. The lowest BCUT2D eigenvalue weighted by molar-refractivity contribution is -0.146. The van der Waals surface area contributed by atoms with Crippen molar-refractivity contribution < 1.29 is 24.5 Å². The Morgan fingerprint density at radius 1 is 1.40 bits per heavy atom. The van der Waals surface area contributed by atoms with Crippen molar-refractivity contribution >= 4 is 5.97 Å². The van der Waals surface area contributed by atoms with Crippen LogP contribution in [0.3, 0.4) is 0 Å². The molecule has 1 aromatic carbocycles. The summed E-state index contributed by atoms with van der Waals surface area (Å²) in [5.74, 6) is -0.498. The highest BCUT2D eigenvalue weighted by molar-refractivity contribution is 5.73. The number of aliphatic carboxylic acids is 1. The molecule has 5 nitrogen and oxygen atoms in total. The summed E-state index contributed by atoms with van der Waals surface area (Å²) in [5, 5.41) is 17.4. The minimum absolute atomic E-state index is 0.293. The van der Waals surface area contributed by atoms with Gasteiger partial charge in [-0.15, -0.1) is 0 Å². The van der Waals surface area contributed by atoms with E-state index >= 15 is 0 Å². The fourth-order valence-electron chi connectivity index (χ4n) is 1.04. The zero-order valence-electron chi connectivity index (χ0n) is 8.21. The third-order valence-corrected chi connectivity index (χ3v) is 1.78. The van der Waals surface area contributed by atoms with Crippen molar-refractivity contribution in [2.45, 2.75) is 6.10 Å². The van der Waals surface area contributed by atoms with Crippen LogP contribution in [0.15, 0.2) is 24.3 Å². The van der Waals surface area contributed by atoms with Crippen LogP contribution < -0.4 is 9.47 Å². The van der Waals surface area contributed by atoms with Gasteiger partial charge in [-0.05, 0) is 12.1 Å². The summed E-state index contributed by atoms with van der Waals surface area (Å²) in [6.45, 7) is -0.590. The number of rotatable bonds is 5. The molecule has 1 aromatic rings. The number of benzene rings is 1. The predicted molar refractivity (Wildman–Crippen MR) is 52.1 cm³/mol. The minimum atomic E-state index is -1.28. The fourth-order valence-corrected chi connectivity index (χ4v) is 1.04. The molecule has 1 atom stereocenters. The molecule has 0 aliphatic rings. The van der Waals surface area contributed by atoms with Crippen molar-refractivity contribution in [1.29, 1.82) is 0 Å². The van der Waals surface area contributed by atoms with Crippen molar-refractivity contribution in [3.05, 3.63) is 24.3 Å². The summed E-state index contributed by atoms with van der Waals surface area (Å²) in [7, 11) is 1.46. The van der Waals surface area contributed by atoms with E-state index < -0.39 is 18.7 Å². The fraction of sp³-hybridized carbons (Fsp3) is 0.300. The van der Waals surface area contributed by atoms with Crippen molar-refractivity contribution in [1.82, 2.24) is 0 Å². The van der Waals surface area contributed by atoms with E-state index in [1.54, 1.807) is 24.3 Å². The Bertz CT molecular complexity index is 336. The van der Waals surface area contributed by atoms with Crippen LogP contribution in [0.4, 0.5) is 0 Å². The zero-order valence-corrected chi connectivity index (χ0v) is 8.21. The van der Waals surface area contributed by atoms with Gasteiger partial charge in [0.25, 0.3) is 0 Å². The number of carboxylic acids is 1. The first kappa shape index (κ1) is 11.3. The number of para-hydroxylation sites is 2. The first-order chi connectivity index (χ1) is 7.19. The van der Waals surface area contributed by atoms with Gasteiger partial charge >= 0.3 is 5.97 Å². The predicted octanol–water partition coefficient (Wildman–Crippen LogP) is 0.520. The number of hydrogen-bond acceptors (Lipinski definition) is 4. The Morgan fingerprint density at radius 2 is 2.00 bits per heavy atom. The molecule has 1 rings (SSSR count). The summed E-state index contributed by atoms with van der Waals surface area (Å²) in [6, 6.07) is 6.64. The summed E-state index contributed by atoms with van der Waals surface area (Å²) in [6.07, 6.45) is -1.28. The molecule has 15 heavy (non-hydrogen) atoms. The van der Waals surface area contributed by atoms with Crippen LogP contribution in [0.25, 0.3) is 0 Å². The Morgan fingerprint density at radius 3 is 2.47 bits per heavy atom. The van der Waals surface area contributed by atoms with Gasteiger partial charge < -0.3 is 19.7 Å². The van der Waals surface area contributed by atoms with E-state index in [2.05, 4.69) is 0 Å². The monoisotopic (exact) mass is 212 g/mol. The first-order valence-corrected chi connectivity index (χ1v) is 4.32. The van der Waals surface area contributed by atoms with Gasteiger partial charge in [-0.1, -0.05) is 12.1 Å². The molecular weight excluding hydrogens is 200 g/mol. The third-order valence-electron chi connectivity index (χ3n) is 1.78. The molecule has 0 saturated carbocycles. The van der Waals surface area contributed by atoms with Crippen LogP contribution in [-0.4, -0.2) is 36.0 Å². The highest BCUT2D eigenvalue weighted by Crippen LogP contribution is 2.26. The number of carboxylic acid groups (broad SMARTS) is 1. The average Bonchev–Trinajstić information content (AvgIpc) is 2.25. The molecular formula is C10H12O5. The smallest absolute Gasteiger partial charge is 0.347 e. The molecule has 0 fully saturated rings. The van der Waals surface area contributed by atoms with Crippen molar-refractivity contribution in [3.8, 4) is 11.5 Å². The van der Waals surface area contributed by atoms with E-state index in [0.29, 0.717) is 11.5 Å².